The normalized spacial score (nSPS) is 13.3. The number of aliphatic hydroxyl groups excluding tert-OH is 1. The van der Waals surface area contributed by atoms with E-state index in [1.54, 1.807) is 0 Å². The van der Waals surface area contributed by atoms with Crippen molar-refractivity contribution in [2.24, 2.45) is 13.0 Å². The van der Waals surface area contributed by atoms with Crippen molar-refractivity contribution < 1.29 is 5.11 Å². The monoisotopic (exact) mass is 225 g/mol. The van der Waals surface area contributed by atoms with Gasteiger partial charge in [-0.15, -0.1) is 0 Å². The molecule has 0 radical (unpaired) electrons. The zero-order valence-electron chi connectivity index (χ0n) is 10.5. The molecule has 1 aromatic heterocycles. The molecule has 1 aromatic rings. The number of nitrogens with one attached hydrogen (secondary N) is 1. The Labute approximate surface area is 97.7 Å². The number of nitrogens with zero attached hydrogens (tertiary/aromatic N) is 2. The van der Waals surface area contributed by atoms with Crippen LogP contribution >= 0.6 is 0 Å². The molecule has 0 aliphatic carbocycles. The molecule has 4 nitrogen and oxygen atoms in total. The van der Waals surface area contributed by atoms with E-state index >= 15 is 0 Å². The first kappa shape index (κ1) is 13.2. The van der Waals surface area contributed by atoms with E-state index in [2.05, 4.69) is 24.3 Å². The van der Waals surface area contributed by atoms with Gasteiger partial charge in [-0.2, -0.15) is 5.10 Å². The highest BCUT2D eigenvalue weighted by Crippen LogP contribution is 2.04. The molecule has 2 N–H and O–H groups in total. The standard InChI is InChI=1S/C12H23N3O/c1-10(2)8-11(9-16)13-6-4-12-5-7-14-15(12)3/h5,7,10-11,13,16H,4,6,8-9H2,1-3H3. The van der Waals surface area contributed by atoms with Crippen molar-refractivity contribution in [3.63, 3.8) is 0 Å². The average molecular weight is 225 g/mol. The molecule has 0 saturated heterocycles. The number of aryl methyl sites for hydroxylation is 1. The van der Waals surface area contributed by atoms with Gasteiger partial charge in [0.05, 0.1) is 6.61 Å². The van der Waals surface area contributed by atoms with Gasteiger partial charge in [-0.05, 0) is 18.4 Å². The van der Waals surface area contributed by atoms with Gasteiger partial charge in [-0.1, -0.05) is 13.8 Å². The summed E-state index contributed by atoms with van der Waals surface area (Å²) in [6.45, 7) is 5.44. The Morgan fingerprint density at radius 3 is 2.75 bits per heavy atom. The van der Waals surface area contributed by atoms with Gasteiger partial charge in [0.2, 0.25) is 0 Å². The van der Waals surface area contributed by atoms with Crippen molar-refractivity contribution in [2.75, 3.05) is 13.2 Å². The highest BCUT2D eigenvalue weighted by atomic mass is 16.3. The first-order valence-corrected chi connectivity index (χ1v) is 5.94. The molecule has 1 rings (SSSR count). The summed E-state index contributed by atoms with van der Waals surface area (Å²) in [6, 6.07) is 2.24. The van der Waals surface area contributed by atoms with Crippen LogP contribution in [0.3, 0.4) is 0 Å². The third-order valence-electron chi connectivity index (χ3n) is 2.71. The molecular formula is C12H23N3O. The molecule has 0 aromatic carbocycles. The van der Waals surface area contributed by atoms with Crippen LogP contribution in [0.5, 0.6) is 0 Å². The highest BCUT2D eigenvalue weighted by molar-refractivity contribution is 5.00. The molecule has 0 aliphatic heterocycles. The van der Waals surface area contributed by atoms with E-state index in [-0.39, 0.29) is 12.6 Å². The van der Waals surface area contributed by atoms with Gasteiger partial charge in [0, 0.05) is 37.9 Å². The maximum Gasteiger partial charge on any atom is 0.0584 e. The molecule has 0 saturated carbocycles. The summed E-state index contributed by atoms with van der Waals surface area (Å²) in [7, 11) is 1.95. The molecule has 0 bridgehead atoms. The fourth-order valence-electron chi connectivity index (χ4n) is 1.84. The van der Waals surface area contributed by atoms with Crippen molar-refractivity contribution in [3.8, 4) is 0 Å². The van der Waals surface area contributed by atoms with Gasteiger partial charge >= 0.3 is 0 Å². The molecular weight excluding hydrogens is 202 g/mol. The van der Waals surface area contributed by atoms with Crippen molar-refractivity contribution in [2.45, 2.75) is 32.7 Å². The zero-order valence-corrected chi connectivity index (χ0v) is 10.5. The summed E-state index contributed by atoms with van der Waals surface area (Å²) in [5.41, 5.74) is 1.22. The summed E-state index contributed by atoms with van der Waals surface area (Å²) < 4.78 is 1.89. The fourth-order valence-corrected chi connectivity index (χ4v) is 1.84. The molecule has 0 spiro atoms. The summed E-state index contributed by atoms with van der Waals surface area (Å²) in [4.78, 5) is 0. The highest BCUT2D eigenvalue weighted by Gasteiger charge is 2.08. The Balaban J connectivity index is 2.26. The van der Waals surface area contributed by atoms with Gasteiger partial charge in [-0.3, -0.25) is 4.68 Å². The second-order valence-electron chi connectivity index (χ2n) is 4.66. The molecule has 0 amide bonds. The summed E-state index contributed by atoms with van der Waals surface area (Å²) in [5, 5.41) is 16.7. The quantitative estimate of drug-likeness (QED) is 0.726. The average Bonchev–Trinajstić information content (AvgIpc) is 2.62. The van der Waals surface area contributed by atoms with E-state index in [0.29, 0.717) is 5.92 Å². The number of rotatable bonds is 7. The summed E-state index contributed by atoms with van der Waals surface area (Å²) in [6.07, 6.45) is 3.78. The predicted molar refractivity (Wildman–Crippen MR) is 65.2 cm³/mol. The Morgan fingerprint density at radius 2 is 2.25 bits per heavy atom. The minimum Gasteiger partial charge on any atom is -0.395 e. The Morgan fingerprint density at radius 1 is 1.50 bits per heavy atom. The second-order valence-corrected chi connectivity index (χ2v) is 4.66. The maximum absolute atomic E-state index is 9.21. The van der Waals surface area contributed by atoms with Crippen LogP contribution in [0.4, 0.5) is 0 Å². The van der Waals surface area contributed by atoms with Crippen molar-refractivity contribution >= 4 is 0 Å². The number of aliphatic hydroxyl groups is 1. The van der Waals surface area contributed by atoms with Crippen LogP contribution in [0.15, 0.2) is 12.3 Å². The fraction of sp³-hybridized carbons (Fsp3) is 0.750. The van der Waals surface area contributed by atoms with Gasteiger partial charge in [0.25, 0.3) is 0 Å². The van der Waals surface area contributed by atoms with Crippen LogP contribution in [0, 0.1) is 5.92 Å². The summed E-state index contributed by atoms with van der Waals surface area (Å²) in [5.74, 6) is 0.612. The second kappa shape index (κ2) is 6.66. The molecule has 1 atom stereocenters. The van der Waals surface area contributed by atoms with E-state index in [1.807, 2.05) is 24.0 Å². The van der Waals surface area contributed by atoms with Crippen molar-refractivity contribution in [1.82, 2.24) is 15.1 Å². The Bertz CT molecular complexity index is 296. The van der Waals surface area contributed by atoms with Crippen LogP contribution in [-0.4, -0.2) is 34.1 Å². The van der Waals surface area contributed by atoms with Crippen molar-refractivity contribution in [3.05, 3.63) is 18.0 Å². The lowest BCUT2D eigenvalue weighted by atomic mass is 10.0. The molecule has 4 heteroatoms. The third-order valence-corrected chi connectivity index (χ3v) is 2.71. The van der Waals surface area contributed by atoms with E-state index in [4.69, 9.17) is 0 Å². The van der Waals surface area contributed by atoms with Crippen LogP contribution in [0.1, 0.15) is 26.0 Å². The minimum absolute atomic E-state index is 0.212. The van der Waals surface area contributed by atoms with Crippen LogP contribution in [0.25, 0.3) is 0 Å². The lowest BCUT2D eigenvalue weighted by Crippen LogP contribution is -2.35. The molecule has 92 valence electrons. The lowest BCUT2D eigenvalue weighted by Gasteiger charge is -2.18. The topological polar surface area (TPSA) is 50.1 Å². The SMILES string of the molecule is CC(C)CC(CO)NCCc1ccnn1C. The minimum atomic E-state index is 0.212. The molecule has 0 aliphatic rings. The smallest absolute Gasteiger partial charge is 0.0584 e. The number of hydrogen-bond donors (Lipinski definition) is 2. The largest absolute Gasteiger partial charge is 0.395 e. The Kier molecular flexibility index (Phi) is 5.49. The van der Waals surface area contributed by atoms with Gasteiger partial charge in [-0.25, -0.2) is 0 Å². The van der Waals surface area contributed by atoms with Crippen LogP contribution < -0.4 is 5.32 Å². The van der Waals surface area contributed by atoms with Crippen LogP contribution in [0.2, 0.25) is 0 Å². The van der Waals surface area contributed by atoms with Crippen LogP contribution in [-0.2, 0) is 13.5 Å². The van der Waals surface area contributed by atoms with E-state index in [0.717, 1.165) is 19.4 Å². The molecule has 0 fully saturated rings. The van der Waals surface area contributed by atoms with Gasteiger partial charge < -0.3 is 10.4 Å². The zero-order chi connectivity index (χ0) is 12.0. The molecule has 1 unspecified atom stereocenters. The third kappa shape index (κ3) is 4.33. The molecule has 1 heterocycles. The van der Waals surface area contributed by atoms with E-state index < -0.39 is 0 Å². The number of hydrogen-bond acceptors (Lipinski definition) is 3. The summed E-state index contributed by atoms with van der Waals surface area (Å²) >= 11 is 0. The lowest BCUT2D eigenvalue weighted by molar-refractivity contribution is 0.225. The number of aromatic nitrogens is 2. The molecule has 16 heavy (non-hydrogen) atoms. The van der Waals surface area contributed by atoms with Gasteiger partial charge in [0.15, 0.2) is 0 Å². The van der Waals surface area contributed by atoms with E-state index in [1.165, 1.54) is 5.69 Å². The van der Waals surface area contributed by atoms with Crippen molar-refractivity contribution in [1.29, 1.82) is 0 Å². The maximum atomic E-state index is 9.21. The van der Waals surface area contributed by atoms with Gasteiger partial charge in [0.1, 0.15) is 0 Å². The van der Waals surface area contributed by atoms with E-state index in [9.17, 15) is 5.11 Å². The first-order valence-electron chi connectivity index (χ1n) is 5.94. The predicted octanol–water partition coefficient (Wildman–Crippen LogP) is 0.959. The first-order chi connectivity index (χ1) is 7.63. The Hall–Kier alpha value is -0.870.